The van der Waals surface area contributed by atoms with E-state index in [1.807, 2.05) is 4.90 Å². The van der Waals surface area contributed by atoms with Gasteiger partial charge in [-0.3, -0.25) is 19.3 Å². The van der Waals surface area contributed by atoms with E-state index in [-0.39, 0.29) is 35.9 Å². The molecule has 3 amide bonds. The van der Waals surface area contributed by atoms with Crippen molar-refractivity contribution in [2.75, 3.05) is 25.1 Å². The van der Waals surface area contributed by atoms with Crippen molar-refractivity contribution in [3.05, 3.63) is 47.9 Å². The molecule has 0 bridgehead atoms. The van der Waals surface area contributed by atoms with Crippen molar-refractivity contribution in [3.63, 3.8) is 0 Å². The first-order valence-corrected chi connectivity index (χ1v) is 13.1. The van der Waals surface area contributed by atoms with Crippen molar-refractivity contribution in [1.29, 1.82) is 0 Å². The van der Waals surface area contributed by atoms with Gasteiger partial charge in [-0.25, -0.2) is 0 Å². The Bertz CT molecular complexity index is 1120. The second-order valence-electron chi connectivity index (χ2n) is 10.6. The van der Waals surface area contributed by atoms with Gasteiger partial charge in [-0.15, -0.1) is 0 Å². The molecule has 36 heavy (non-hydrogen) atoms. The molecule has 3 aliphatic rings. The lowest BCUT2D eigenvalue weighted by molar-refractivity contribution is -0.144. The number of rotatable bonds is 6. The molecule has 2 fully saturated rings. The summed E-state index contributed by atoms with van der Waals surface area (Å²) in [6.07, 6.45) is 7.21. The van der Waals surface area contributed by atoms with E-state index in [0.717, 1.165) is 12.8 Å². The lowest BCUT2D eigenvalue weighted by atomic mass is 9.87. The Morgan fingerprint density at radius 1 is 1.11 bits per heavy atom. The van der Waals surface area contributed by atoms with E-state index in [0.29, 0.717) is 35.9 Å². The maximum Gasteiger partial charge on any atom is 0.295 e. The van der Waals surface area contributed by atoms with E-state index in [1.165, 1.54) is 32.6 Å². The summed E-state index contributed by atoms with van der Waals surface area (Å²) in [6, 6.07) is 7.92. The van der Waals surface area contributed by atoms with Gasteiger partial charge in [0.05, 0.1) is 25.6 Å². The number of carbonyl (C=O) groups excluding carboxylic acids is 3. The number of piperazine rings is 1. The maximum absolute atomic E-state index is 14.0. The Morgan fingerprint density at radius 3 is 2.56 bits per heavy atom. The number of hydrogen-bond donors (Lipinski definition) is 0. The van der Waals surface area contributed by atoms with Crippen LogP contribution in [-0.2, 0) is 4.79 Å². The highest BCUT2D eigenvalue weighted by Gasteiger charge is 2.52. The third-order valence-electron chi connectivity index (χ3n) is 7.72. The van der Waals surface area contributed by atoms with Crippen LogP contribution in [0.5, 0.6) is 5.75 Å². The fourth-order valence-electron chi connectivity index (χ4n) is 6.06. The molecule has 0 N–H and O–H groups in total. The molecule has 2 aromatic rings. The summed E-state index contributed by atoms with van der Waals surface area (Å²) in [4.78, 5) is 46.9. The van der Waals surface area contributed by atoms with Crippen molar-refractivity contribution in [2.24, 2.45) is 11.8 Å². The Morgan fingerprint density at radius 2 is 1.89 bits per heavy atom. The fourth-order valence-corrected chi connectivity index (χ4v) is 6.06. The zero-order valence-electron chi connectivity index (χ0n) is 21.3. The van der Waals surface area contributed by atoms with Crippen molar-refractivity contribution < 1.29 is 23.5 Å². The molecule has 2 atom stereocenters. The summed E-state index contributed by atoms with van der Waals surface area (Å²) in [6.45, 7) is 5.05. The van der Waals surface area contributed by atoms with Crippen LogP contribution in [0, 0.1) is 11.8 Å². The normalized spacial score (nSPS) is 22.6. The number of ether oxygens (including phenoxy) is 1. The molecule has 1 aliphatic carbocycles. The standard InChI is InChI=1S/C28H35N3O5/c1-18(2)15-21-26(32)29(16-19-9-5-4-6-10-19)17-24-30(27(33)23-13-8-14-36-23)20-11-7-12-22(35-3)25(20)28(34)31(21)24/h7-8,11-14,18-19,21,24H,4-6,9-10,15-17H2,1-3H3/t21-,24?/m0/s1. The number of anilines is 1. The van der Waals surface area contributed by atoms with Gasteiger partial charge in [0, 0.05) is 6.54 Å². The van der Waals surface area contributed by atoms with Crippen LogP contribution in [-0.4, -0.2) is 59.9 Å². The van der Waals surface area contributed by atoms with E-state index in [1.54, 1.807) is 40.1 Å². The largest absolute Gasteiger partial charge is 0.496 e. The zero-order valence-corrected chi connectivity index (χ0v) is 21.3. The molecule has 1 aromatic carbocycles. The molecule has 1 aromatic heterocycles. The number of nitrogens with zero attached hydrogens (tertiary/aromatic N) is 3. The lowest BCUT2D eigenvalue weighted by Gasteiger charge is -2.53. The molecule has 5 rings (SSSR count). The van der Waals surface area contributed by atoms with Crippen LogP contribution in [0.1, 0.15) is 73.3 Å². The highest BCUT2D eigenvalue weighted by Crippen LogP contribution is 2.41. The molecule has 1 saturated carbocycles. The molecule has 192 valence electrons. The van der Waals surface area contributed by atoms with Crippen molar-refractivity contribution in [1.82, 2.24) is 9.80 Å². The first kappa shape index (κ1) is 24.4. The number of carbonyl (C=O) groups is 3. The topological polar surface area (TPSA) is 83.3 Å². The second kappa shape index (κ2) is 9.99. The third-order valence-corrected chi connectivity index (χ3v) is 7.72. The predicted octanol–water partition coefficient (Wildman–Crippen LogP) is 4.55. The summed E-state index contributed by atoms with van der Waals surface area (Å²) in [5.74, 6) is 0.579. The average molecular weight is 494 g/mol. The molecule has 0 spiro atoms. The van der Waals surface area contributed by atoms with Crippen LogP contribution in [0.15, 0.2) is 41.0 Å². The van der Waals surface area contributed by atoms with Gasteiger partial charge in [0.2, 0.25) is 5.91 Å². The minimum Gasteiger partial charge on any atom is -0.496 e. The molecule has 8 heteroatoms. The minimum absolute atomic E-state index is 0.0254. The Balaban J connectivity index is 1.61. The summed E-state index contributed by atoms with van der Waals surface area (Å²) in [5, 5.41) is 0. The van der Waals surface area contributed by atoms with E-state index < -0.39 is 12.2 Å². The van der Waals surface area contributed by atoms with Crippen LogP contribution in [0.3, 0.4) is 0 Å². The monoisotopic (exact) mass is 493 g/mol. The predicted molar refractivity (Wildman–Crippen MR) is 135 cm³/mol. The molecule has 8 nitrogen and oxygen atoms in total. The molecule has 2 aliphatic heterocycles. The van der Waals surface area contributed by atoms with E-state index >= 15 is 0 Å². The average Bonchev–Trinajstić information content (AvgIpc) is 3.41. The lowest BCUT2D eigenvalue weighted by Crippen LogP contribution is -2.71. The van der Waals surface area contributed by atoms with E-state index in [2.05, 4.69) is 13.8 Å². The van der Waals surface area contributed by atoms with Crippen LogP contribution in [0.2, 0.25) is 0 Å². The molecular formula is C28H35N3O5. The van der Waals surface area contributed by atoms with Crippen molar-refractivity contribution in [2.45, 2.75) is 64.6 Å². The van der Waals surface area contributed by atoms with Gasteiger partial charge < -0.3 is 19.0 Å². The highest BCUT2D eigenvalue weighted by atomic mass is 16.5. The number of benzene rings is 1. The van der Waals surface area contributed by atoms with Crippen LogP contribution < -0.4 is 9.64 Å². The summed E-state index contributed by atoms with van der Waals surface area (Å²) in [5.41, 5.74) is 0.788. The Hall–Kier alpha value is -3.29. The van der Waals surface area contributed by atoms with Gasteiger partial charge in [-0.05, 0) is 55.4 Å². The quantitative estimate of drug-likeness (QED) is 0.589. The zero-order chi connectivity index (χ0) is 25.4. The van der Waals surface area contributed by atoms with Crippen molar-refractivity contribution in [3.8, 4) is 5.75 Å². The fraction of sp³-hybridized carbons (Fsp3) is 0.536. The first-order chi connectivity index (χ1) is 17.4. The van der Waals surface area contributed by atoms with Crippen LogP contribution in [0.25, 0.3) is 0 Å². The summed E-state index contributed by atoms with van der Waals surface area (Å²) in [7, 11) is 1.51. The number of amides is 3. The number of hydrogen-bond acceptors (Lipinski definition) is 5. The maximum atomic E-state index is 14.0. The summed E-state index contributed by atoms with van der Waals surface area (Å²) < 4.78 is 11.0. The van der Waals surface area contributed by atoms with Crippen LogP contribution >= 0.6 is 0 Å². The molecule has 0 radical (unpaired) electrons. The second-order valence-corrected chi connectivity index (χ2v) is 10.6. The van der Waals surface area contributed by atoms with E-state index in [9.17, 15) is 14.4 Å². The molecular weight excluding hydrogens is 458 g/mol. The molecule has 3 heterocycles. The van der Waals surface area contributed by atoms with Gasteiger partial charge in [0.15, 0.2) is 5.76 Å². The van der Waals surface area contributed by atoms with Gasteiger partial charge in [0.1, 0.15) is 23.5 Å². The van der Waals surface area contributed by atoms with Gasteiger partial charge in [-0.1, -0.05) is 39.2 Å². The summed E-state index contributed by atoms with van der Waals surface area (Å²) >= 11 is 0. The Labute approximate surface area is 212 Å². The first-order valence-electron chi connectivity index (χ1n) is 13.1. The van der Waals surface area contributed by atoms with Gasteiger partial charge in [-0.2, -0.15) is 0 Å². The number of methoxy groups -OCH3 is 1. The SMILES string of the molecule is COc1cccc2c1C(=O)N1C(CN(CC3CCCCC3)C(=O)[C@@H]1CC(C)C)N2C(=O)c1ccco1. The smallest absolute Gasteiger partial charge is 0.295 e. The number of furan rings is 1. The number of fused-ring (bicyclic) bond motifs is 2. The van der Waals surface area contributed by atoms with Gasteiger partial charge >= 0.3 is 0 Å². The molecule has 1 saturated heterocycles. The highest BCUT2D eigenvalue weighted by molar-refractivity contribution is 6.14. The van der Waals surface area contributed by atoms with Gasteiger partial charge in [0.25, 0.3) is 11.8 Å². The van der Waals surface area contributed by atoms with Crippen LogP contribution in [0.4, 0.5) is 5.69 Å². The van der Waals surface area contributed by atoms with E-state index in [4.69, 9.17) is 9.15 Å². The minimum atomic E-state index is -0.648. The van der Waals surface area contributed by atoms with Crippen molar-refractivity contribution >= 4 is 23.4 Å². The third kappa shape index (κ3) is 4.27. The Kier molecular flexibility index (Phi) is 6.77. The molecule has 1 unspecified atom stereocenters.